The van der Waals surface area contributed by atoms with E-state index >= 15 is 0 Å². The third kappa shape index (κ3) is 3.65. The van der Waals surface area contributed by atoms with Gasteiger partial charge in [0.15, 0.2) is 0 Å². The van der Waals surface area contributed by atoms with Crippen molar-refractivity contribution in [1.82, 2.24) is 0 Å². The number of nitrogens with one attached hydrogen (secondary N) is 1. The summed E-state index contributed by atoms with van der Waals surface area (Å²) in [5.74, 6) is -0.214. The Kier molecular flexibility index (Phi) is 5.16. The minimum Gasteiger partial charge on any atom is -0.494 e. The van der Waals surface area contributed by atoms with Gasteiger partial charge >= 0.3 is 0 Å². The number of nitrogens with two attached hydrogens (primary N) is 1. The molecule has 0 atom stereocenters. The molecule has 1 aromatic heterocycles. The van der Waals surface area contributed by atoms with Crippen molar-refractivity contribution in [2.24, 2.45) is 5.73 Å². The Bertz CT molecular complexity index is 694. The number of anilines is 1. The van der Waals surface area contributed by atoms with Gasteiger partial charge in [-0.3, -0.25) is 9.59 Å². The quantitative estimate of drug-likeness (QED) is 0.859. The van der Waals surface area contributed by atoms with Crippen molar-refractivity contribution in [2.45, 2.75) is 20.3 Å². The zero-order valence-corrected chi connectivity index (χ0v) is 13.3. The molecule has 1 heterocycles. The molecule has 2 rings (SSSR count). The maximum Gasteiger partial charge on any atom is 0.256 e. The van der Waals surface area contributed by atoms with Crippen LogP contribution in [-0.4, -0.2) is 18.4 Å². The molecule has 2 aromatic rings. The van der Waals surface area contributed by atoms with Crippen LogP contribution >= 0.6 is 11.3 Å². The first-order valence-corrected chi connectivity index (χ1v) is 7.83. The van der Waals surface area contributed by atoms with Crippen molar-refractivity contribution >= 4 is 28.2 Å². The van der Waals surface area contributed by atoms with Crippen LogP contribution in [-0.2, 0) is 6.42 Å². The van der Waals surface area contributed by atoms with Gasteiger partial charge in [-0.15, -0.1) is 11.3 Å². The predicted octanol–water partition coefficient (Wildman–Crippen LogP) is 3.06. The molecule has 116 valence electrons. The van der Waals surface area contributed by atoms with E-state index in [9.17, 15) is 9.59 Å². The number of benzene rings is 1. The van der Waals surface area contributed by atoms with E-state index in [4.69, 9.17) is 10.5 Å². The van der Waals surface area contributed by atoms with Crippen molar-refractivity contribution in [1.29, 1.82) is 0 Å². The topological polar surface area (TPSA) is 81.4 Å². The standard InChI is InChI=1S/C16H18N2O3S/c1-3-12-9-13(14(17)19)16(22-12)18-15(20)10-6-5-7-11(8-10)21-4-2/h5-9H,3-4H2,1-2H3,(H2,17,19)(H,18,20). The molecule has 1 aromatic carbocycles. The van der Waals surface area contributed by atoms with Crippen LogP contribution in [0.15, 0.2) is 30.3 Å². The van der Waals surface area contributed by atoms with Gasteiger partial charge in [0.25, 0.3) is 11.8 Å². The molecule has 22 heavy (non-hydrogen) atoms. The van der Waals surface area contributed by atoms with Crippen molar-refractivity contribution in [3.8, 4) is 5.75 Å². The van der Waals surface area contributed by atoms with Crippen LogP contribution in [0.25, 0.3) is 0 Å². The predicted molar refractivity (Wildman–Crippen MR) is 87.8 cm³/mol. The summed E-state index contributed by atoms with van der Waals surface area (Å²) in [7, 11) is 0. The Labute approximate surface area is 133 Å². The smallest absolute Gasteiger partial charge is 0.256 e. The fourth-order valence-electron chi connectivity index (χ4n) is 1.96. The van der Waals surface area contributed by atoms with Crippen molar-refractivity contribution in [3.05, 3.63) is 46.3 Å². The van der Waals surface area contributed by atoms with Crippen LogP contribution in [0.3, 0.4) is 0 Å². The Morgan fingerprint density at radius 2 is 2.05 bits per heavy atom. The number of hydrogen-bond acceptors (Lipinski definition) is 4. The van der Waals surface area contributed by atoms with Crippen molar-refractivity contribution in [2.75, 3.05) is 11.9 Å². The van der Waals surface area contributed by atoms with Crippen molar-refractivity contribution < 1.29 is 14.3 Å². The number of ether oxygens (including phenoxy) is 1. The van der Waals surface area contributed by atoms with Gasteiger partial charge in [-0.1, -0.05) is 13.0 Å². The van der Waals surface area contributed by atoms with Crippen LogP contribution in [0.4, 0.5) is 5.00 Å². The zero-order valence-electron chi connectivity index (χ0n) is 12.5. The van der Waals surface area contributed by atoms with E-state index in [-0.39, 0.29) is 5.91 Å². The van der Waals surface area contributed by atoms with Crippen LogP contribution in [0.1, 0.15) is 39.4 Å². The number of aryl methyl sites for hydroxylation is 1. The number of carbonyl (C=O) groups is 2. The number of carbonyl (C=O) groups excluding carboxylic acids is 2. The lowest BCUT2D eigenvalue weighted by atomic mass is 10.2. The highest BCUT2D eigenvalue weighted by Crippen LogP contribution is 2.29. The third-order valence-electron chi connectivity index (χ3n) is 3.03. The maximum absolute atomic E-state index is 12.3. The summed E-state index contributed by atoms with van der Waals surface area (Å²) >= 11 is 1.36. The fraction of sp³-hybridized carbons (Fsp3) is 0.250. The van der Waals surface area contributed by atoms with E-state index in [0.29, 0.717) is 28.5 Å². The largest absolute Gasteiger partial charge is 0.494 e. The second kappa shape index (κ2) is 7.09. The van der Waals surface area contributed by atoms with Crippen molar-refractivity contribution in [3.63, 3.8) is 0 Å². The molecule has 0 radical (unpaired) electrons. The average Bonchev–Trinajstić information content (AvgIpc) is 2.91. The molecule has 0 unspecified atom stereocenters. The first-order chi connectivity index (χ1) is 10.5. The first-order valence-electron chi connectivity index (χ1n) is 7.01. The van der Waals surface area contributed by atoms with Gasteiger partial charge in [0.05, 0.1) is 12.2 Å². The molecule has 5 nitrogen and oxygen atoms in total. The summed E-state index contributed by atoms with van der Waals surface area (Å²) < 4.78 is 5.38. The number of amides is 2. The number of hydrogen-bond donors (Lipinski definition) is 2. The SMILES string of the molecule is CCOc1cccc(C(=O)Nc2sc(CC)cc2C(N)=O)c1. The van der Waals surface area contributed by atoms with E-state index < -0.39 is 5.91 Å². The molecule has 0 spiro atoms. The molecule has 0 saturated carbocycles. The van der Waals surface area contributed by atoms with Gasteiger partial charge in [-0.05, 0) is 37.6 Å². The first kappa shape index (κ1) is 16.0. The summed E-state index contributed by atoms with van der Waals surface area (Å²) in [6.07, 6.45) is 0.778. The lowest BCUT2D eigenvalue weighted by Crippen LogP contribution is -2.16. The van der Waals surface area contributed by atoms with Gasteiger partial charge in [0.2, 0.25) is 0 Å². The zero-order chi connectivity index (χ0) is 16.1. The number of primary amides is 1. The summed E-state index contributed by atoms with van der Waals surface area (Å²) in [6.45, 7) is 4.39. The minimum atomic E-state index is -0.547. The number of rotatable bonds is 6. The van der Waals surface area contributed by atoms with Gasteiger partial charge < -0.3 is 15.8 Å². The molecule has 6 heteroatoms. The van der Waals surface area contributed by atoms with E-state index in [2.05, 4.69) is 5.32 Å². The second-order valence-electron chi connectivity index (χ2n) is 4.59. The Hall–Kier alpha value is -2.34. The minimum absolute atomic E-state index is 0.298. The second-order valence-corrected chi connectivity index (χ2v) is 5.73. The monoisotopic (exact) mass is 318 g/mol. The highest BCUT2D eigenvalue weighted by atomic mass is 32.1. The third-order valence-corrected chi connectivity index (χ3v) is 4.23. The maximum atomic E-state index is 12.3. The number of thiophene rings is 1. The lowest BCUT2D eigenvalue weighted by Gasteiger charge is -2.07. The fourth-order valence-corrected chi connectivity index (χ4v) is 2.96. The Balaban J connectivity index is 2.23. The molecular formula is C16H18N2O3S. The molecule has 2 amide bonds. The summed E-state index contributed by atoms with van der Waals surface area (Å²) in [4.78, 5) is 24.8. The molecular weight excluding hydrogens is 300 g/mol. The van der Waals surface area contributed by atoms with E-state index in [1.807, 2.05) is 13.8 Å². The van der Waals surface area contributed by atoms with Crippen LogP contribution in [0.2, 0.25) is 0 Å². The van der Waals surface area contributed by atoms with Gasteiger partial charge in [0, 0.05) is 10.4 Å². The van der Waals surface area contributed by atoms with Crippen LogP contribution < -0.4 is 15.8 Å². The summed E-state index contributed by atoms with van der Waals surface area (Å²) in [6, 6.07) is 8.61. The van der Waals surface area contributed by atoms with E-state index in [1.54, 1.807) is 30.3 Å². The molecule has 0 aliphatic heterocycles. The molecule has 3 N–H and O–H groups in total. The van der Waals surface area contributed by atoms with Gasteiger partial charge in [-0.25, -0.2) is 0 Å². The summed E-state index contributed by atoms with van der Waals surface area (Å²) in [5, 5.41) is 3.24. The molecule has 0 saturated heterocycles. The van der Waals surface area contributed by atoms with E-state index in [1.165, 1.54) is 11.3 Å². The normalized spacial score (nSPS) is 10.3. The van der Waals surface area contributed by atoms with Crippen LogP contribution in [0, 0.1) is 0 Å². The average molecular weight is 318 g/mol. The molecule has 0 bridgehead atoms. The summed E-state index contributed by atoms with van der Waals surface area (Å²) in [5.41, 5.74) is 6.17. The van der Waals surface area contributed by atoms with Gasteiger partial charge in [-0.2, -0.15) is 0 Å². The molecule has 0 aliphatic carbocycles. The van der Waals surface area contributed by atoms with Crippen LogP contribution in [0.5, 0.6) is 5.75 Å². The Morgan fingerprint density at radius 1 is 1.27 bits per heavy atom. The van der Waals surface area contributed by atoms with E-state index in [0.717, 1.165) is 11.3 Å². The highest BCUT2D eigenvalue weighted by molar-refractivity contribution is 7.16. The molecule has 0 aliphatic rings. The highest BCUT2D eigenvalue weighted by Gasteiger charge is 2.16. The lowest BCUT2D eigenvalue weighted by molar-refractivity contribution is 0.100. The molecule has 0 fully saturated rings. The Morgan fingerprint density at radius 3 is 2.68 bits per heavy atom. The van der Waals surface area contributed by atoms with Gasteiger partial charge in [0.1, 0.15) is 10.8 Å².